The van der Waals surface area contributed by atoms with E-state index in [-0.39, 0.29) is 33.2 Å². The number of likely N-dealkylation sites (N-methyl/N-ethyl adjacent to an activating group) is 1. The van der Waals surface area contributed by atoms with Gasteiger partial charge in [-0.2, -0.15) is 0 Å². The highest BCUT2D eigenvalue weighted by atomic mass is 32.2. The highest BCUT2D eigenvalue weighted by Crippen LogP contribution is 2.38. The fraction of sp³-hybridized carbons (Fsp3) is 0.0400. The van der Waals surface area contributed by atoms with E-state index >= 15 is 0 Å². The zero-order valence-corrected chi connectivity index (χ0v) is 18.2. The van der Waals surface area contributed by atoms with Crippen LogP contribution in [-0.2, 0) is 14.8 Å². The van der Waals surface area contributed by atoms with E-state index in [4.69, 9.17) is 9.15 Å². The first-order chi connectivity index (χ1) is 15.9. The Morgan fingerprint density at radius 1 is 0.879 bits per heavy atom. The molecular weight excluding hydrogens is 442 g/mol. The quantitative estimate of drug-likeness (QED) is 0.330. The number of hydrogen-bond donors (Lipinski definition) is 0. The van der Waals surface area contributed by atoms with Gasteiger partial charge in [0.05, 0.1) is 11.2 Å². The van der Waals surface area contributed by atoms with E-state index in [1.54, 1.807) is 30.3 Å². The Hall–Kier alpha value is -4.17. The van der Waals surface area contributed by atoms with Crippen LogP contribution in [0.2, 0.25) is 0 Å². The number of ether oxygens (including phenoxy) is 1. The molecule has 0 aliphatic carbocycles. The van der Waals surface area contributed by atoms with Gasteiger partial charge in [0.15, 0.2) is 5.76 Å². The highest BCUT2D eigenvalue weighted by Gasteiger charge is 2.40. The van der Waals surface area contributed by atoms with Gasteiger partial charge in [0.25, 0.3) is 10.0 Å². The zero-order valence-electron chi connectivity index (χ0n) is 17.4. The Balaban J connectivity index is 1.72. The van der Waals surface area contributed by atoms with Crippen LogP contribution >= 0.6 is 0 Å². The summed E-state index contributed by atoms with van der Waals surface area (Å²) >= 11 is 0. The SMILES string of the molecule is CN1C(C(=O)c2ccc3ccccc3c2)=C(OC(=O)c2ccco2)c2ccccc2S1(=O)=O. The molecule has 0 amide bonds. The minimum Gasteiger partial charge on any atom is -0.457 e. The molecule has 0 fully saturated rings. The molecule has 0 radical (unpaired) electrons. The largest absolute Gasteiger partial charge is 0.457 e. The van der Waals surface area contributed by atoms with Gasteiger partial charge < -0.3 is 9.15 Å². The van der Waals surface area contributed by atoms with Crippen molar-refractivity contribution in [3.05, 3.63) is 108 Å². The van der Waals surface area contributed by atoms with Crippen molar-refractivity contribution in [2.75, 3.05) is 7.05 Å². The fourth-order valence-corrected chi connectivity index (χ4v) is 5.16. The molecule has 4 aromatic rings. The molecule has 2 heterocycles. The third kappa shape index (κ3) is 3.41. The van der Waals surface area contributed by atoms with Crippen molar-refractivity contribution >= 4 is 38.3 Å². The minimum absolute atomic E-state index is 0.0650. The predicted molar refractivity (Wildman–Crippen MR) is 121 cm³/mol. The number of Topliss-reactive ketones (excluding diaryl/α,β-unsaturated/α-hetero) is 1. The van der Waals surface area contributed by atoms with Gasteiger partial charge in [-0.1, -0.05) is 48.5 Å². The Kier molecular flexibility index (Phi) is 4.87. The van der Waals surface area contributed by atoms with Gasteiger partial charge in [0.1, 0.15) is 5.70 Å². The van der Waals surface area contributed by atoms with Crippen LogP contribution in [0.1, 0.15) is 26.5 Å². The van der Waals surface area contributed by atoms with Gasteiger partial charge in [0, 0.05) is 18.2 Å². The van der Waals surface area contributed by atoms with Crippen LogP contribution in [-0.4, -0.2) is 31.5 Å². The smallest absolute Gasteiger partial charge is 0.379 e. The molecule has 0 unspecified atom stereocenters. The van der Waals surface area contributed by atoms with Crippen molar-refractivity contribution in [1.29, 1.82) is 0 Å². The average Bonchev–Trinajstić information content (AvgIpc) is 3.37. The number of rotatable bonds is 4. The average molecular weight is 459 g/mol. The lowest BCUT2D eigenvalue weighted by Gasteiger charge is -2.30. The second kappa shape index (κ2) is 7.75. The molecule has 0 saturated heterocycles. The molecule has 7 nitrogen and oxygen atoms in total. The van der Waals surface area contributed by atoms with E-state index < -0.39 is 21.8 Å². The summed E-state index contributed by atoms with van der Waals surface area (Å²) in [5.74, 6) is -1.67. The topological polar surface area (TPSA) is 93.9 Å². The van der Waals surface area contributed by atoms with Crippen molar-refractivity contribution in [1.82, 2.24) is 4.31 Å². The third-order valence-electron chi connectivity index (χ3n) is 5.44. The maximum Gasteiger partial charge on any atom is 0.379 e. The number of esters is 1. The molecule has 0 N–H and O–H groups in total. The molecule has 1 aliphatic rings. The fourth-order valence-electron chi connectivity index (χ4n) is 3.77. The minimum atomic E-state index is -4.05. The molecular formula is C25H17NO6S. The van der Waals surface area contributed by atoms with Crippen LogP contribution < -0.4 is 0 Å². The van der Waals surface area contributed by atoms with Gasteiger partial charge in [-0.25, -0.2) is 13.2 Å². The Morgan fingerprint density at radius 3 is 2.36 bits per heavy atom. The van der Waals surface area contributed by atoms with E-state index in [1.165, 1.54) is 37.6 Å². The number of furan rings is 1. The number of benzene rings is 3. The van der Waals surface area contributed by atoms with E-state index in [9.17, 15) is 18.0 Å². The summed E-state index contributed by atoms with van der Waals surface area (Å²) in [6, 6.07) is 21.6. The number of fused-ring (bicyclic) bond motifs is 2. The van der Waals surface area contributed by atoms with Crippen LogP contribution in [0.5, 0.6) is 0 Å². The van der Waals surface area contributed by atoms with E-state index in [1.807, 2.05) is 24.3 Å². The van der Waals surface area contributed by atoms with E-state index in [0.29, 0.717) is 0 Å². The number of ketones is 1. The van der Waals surface area contributed by atoms with Crippen LogP contribution in [0, 0.1) is 0 Å². The summed E-state index contributed by atoms with van der Waals surface area (Å²) in [4.78, 5) is 26.3. The summed E-state index contributed by atoms with van der Waals surface area (Å²) < 4.78 is 38.0. The summed E-state index contributed by atoms with van der Waals surface area (Å²) in [6.07, 6.45) is 1.32. The molecule has 1 aromatic heterocycles. The lowest BCUT2D eigenvalue weighted by atomic mass is 10.0. The van der Waals surface area contributed by atoms with Crippen LogP contribution in [0.3, 0.4) is 0 Å². The van der Waals surface area contributed by atoms with Crippen LogP contribution in [0.15, 0.2) is 100 Å². The molecule has 0 spiro atoms. The monoisotopic (exact) mass is 459 g/mol. The van der Waals surface area contributed by atoms with Gasteiger partial charge in [-0.05, 0) is 41.1 Å². The predicted octanol–water partition coefficient (Wildman–Crippen LogP) is 4.48. The molecule has 0 bridgehead atoms. The maximum atomic E-state index is 13.7. The first-order valence-corrected chi connectivity index (χ1v) is 11.4. The second-order valence-corrected chi connectivity index (χ2v) is 9.34. The Morgan fingerprint density at radius 2 is 1.61 bits per heavy atom. The lowest BCUT2D eigenvalue weighted by Crippen LogP contribution is -2.36. The Labute approximate surface area is 189 Å². The first kappa shape index (κ1) is 20.7. The van der Waals surface area contributed by atoms with Crippen molar-refractivity contribution in [2.45, 2.75) is 4.90 Å². The highest BCUT2D eigenvalue weighted by molar-refractivity contribution is 7.89. The van der Waals surface area contributed by atoms with Crippen molar-refractivity contribution in [3.63, 3.8) is 0 Å². The molecule has 8 heteroatoms. The van der Waals surface area contributed by atoms with Gasteiger partial charge in [-0.3, -0.25) is 9.10 Å². The molecule has 3 aromatic carbocycles. The summed E-state index contributed by atoms with van der Waals surface area (Å²) in [5.41, 5.74) is 0.125. The number of carbonyl (C=O) groups is 2. The Bertz CT molecular complexity index is 1550. The van der Waals surface area contributed by atoms with Crippen molar-refractivity contribution in [2.24, 2.45) is 0 Å². The normalized spacial score (nSPS) is 14.8. The van der Waals surface area contributed by atoms with Crippen LogP contribution in [0.25, 0.3) is 16.5 Å². The maximum absolute atomic E-state index is 13.7. The standard InChI is InChI=1S/C25H17NO6S/c1-26-22(23(27)18-13-12-16-7-2-3-8-17(16)15-18)24(32-25(28)20-10-6-14-31-20)19-9-4-5-11-21(19)33(26,29)30/h2-15H,1H3. The molecule has 1 aliphatic heterocycles. The molecule has 0 atom stereocenters. The number of carbonyl (C=O) groups excluding carboxylic acids is 2. The third-order valence-corrected chi connectivity index (χ3v) is 7.26. The van der Waals surface area contributed by atoms with Gasteiger partial charge in [-0.15, -0.1) is 0 Å². The molecule has 0 saturated carbocycles. The number of allylic oxidation sites excluding steroid dienone is 1. The van der Waals surface area contributed by atoms with Crippen molar-refractivity contribution in [3.8, 4) is 0 Å². The summed E-state index contributed by atoms with van der Waals surface area (Å²) in [7, 11) is -2.78. The molecule has 5 rings (SSSR count). The first-order valence-electron chi connectivity index (χ1n) is 10.00. The van der Waals surface area contributed by atoms with E-state index in [2.05, 4.69) is 0 Å². The van der Waals surface area contributed by atoms with Crippen molar-refractivity contribution < 1.29 is 27.2 Å². The molecule has 164 valence electrons. The van der Waals surface area contributed by atoms with Gasteiger partial charge in [0.2, 0.25) is 11.5 Å². The summed E-state index contributed by atoms with van der Waals surface area (Å²) in [5, 5.41) is 1.75. The van der Waals surface area contributed by atoms with E-state index in [0.717, 1.165) is 15.1 Å². The lowest BCUT2D eigenvalue weighted by molar-refractivity contribution is 0.0652. The molecule has 33 heavy (non-hydrogen) atoms. The summed E-state index contributed by atoms with van der Waals surface area (Å²) in [6.45, 7) is 0. The van der Waals surface area contributed by atoms with Crippen LogP contribution in [0.4, 0.5) is 0 Å². The number of sulfonamides is 1. The number of hydrogen-bond acceptors (Lipinski definition) is 6. The zero-order chi connectivity index (χ0) is 23.2. The number of nitrogens with zero attached hydrogens (tertiary/aromatic N) is 1. The van der Waals surface area contributed by atoms with Gasteiger partial charge >= 0.3 is 5.97 Å². The second-order valence-electron chi connectivity index (χ2n) is 7.40.